The van der Waals surface area contributed by atoms with Gasteiger partial charge in [-0.15, -0.1) is 0 Å². The maximum atomic E-state index is 12.8. The van der Waals surface area contributed by atoms with Crippen LogP contribution in [0.1, 0.15) is 168 Å². The number of esters is 2. The summed E-state index contributed by atoms with van der Waals surface area (Å²) in [6.07, 6.45) is 28.3. The quantitative estimate of drug-likeness (QED) is 0.0155. The summed E-state index contributed by atoms with van der Waals surface area (Å²) >= 11 is 0. The monoisotopic (exact) mass is 1030 g/mol. The fourth-order valence-electron chi connectivity index (χ4n) is 7.21. The van der Waals surface area contributed by atoms with Crippen LogP contribution in [0.3, 0.4) is 0 Å². The zero-order valence-corrected chi connectivity index (χ0v) is 43.4. The smallest absolute Gasteiger partial charge is 0.462 e. The molecule has 0 radical (unpaired) electrons. The first kappa shape index (κ1) is 62.8. The summed E-state index contributed by atoms with van der Waals surface area (Å²) in [4.78, 5) is 61.8. The number of nitrogens with zero attached hydrogens (tertiary/aromatic N) is 2. The highest BCUT2D eigenvalue weighted by atomic mass is 31.3. The number of aliphatic hydroxyl groups excluding tert-OH is 3. The van der Waals surface area contributed by atoms with E-state index in [-0.39, 0.29) is 18.7 Å². The minimum Gasteiger partial charge on any atom is -0.462 e. The number of hydrogen-bond donors (Lipinski definition) is 6. The molecule has 2 unspecified atom stereocenters. The molecule has 1 aromatic heterocycles. The van der Waals surface area contributed by atoms with Crippen molar-refractivity contribution in [3.8, 4) is 0 Å². The third-order valence-corrected chi connectivity index (χ3v) is 13.8. The predicted molar refractivity (Wildman–Crippen MR) is 267 cm³/mol. The molecular formula is C49H83N3O16P2. The Bertz CT molecular complexity index is 1890. The summed E-state index contributed by atoms with van der Waals surface area (Å²) in [7, 11) is -10.9. The van der Waals surface area contributed by atoms with E-state index in [2.05, 4.69) is 36.1 Å². The molecule has 0 spiro atoms. The van der Waals surface area contributed by atoms with Crippen LogP contribution >= 0.6 is 15.6 Å². The van der Waals surface area contributed by atoms with E-state index in [1.54, 1.807) is 0 Å². The number of carbonyl (C=O) groups is 2. The largest absolute Gasteiger partial charge is 0.481 e. The van der Waals surface area contributed by atoms with Gasteiger partial charge < -0.3 is 45.1 Å². The lowest BCUT2D eigenvalue weighted by Crippen LogP contribution is -2.36. The highest BCUT2D eigenvalue weighted by Gasteiger charge is 2.46. The van der Waals surface area contributed by atoms with Gasteiger partial charge in [0.1, 0.15) is 30.7 Å². The number of anilines is 1. The molecule has 1 saturated heterocycles. The van der Waals surface area contributed by atoms with Crippen molar-refractivity contribution in [1.29, 1.82) is 0 Å². The summed E-state index contributed by atoms with van der Waals surface area (Å²) in [6.45, 7) is 4.23. The van der Waals surface area contributed by atoms with Crippen molar-refractivity contribution in [2.75, 3.05) is 25.6 Å². The molecule has 2 heterocycles. The Balaban J connectivity index is 1.84. The van der Waals surface area contributed by atoms with Crippen LogP contribution < -0.4 is 11.4 Å². The van der Waals surface area contributed by atoms with Gasteiger partial charge in [-0.2, -0.15) is 9.29 Å². The zero-order chi connectivity index (χ0) is 51.6. The average molecular weight is 1030 g/mol. The van der Waals surface area contributed by atoms with E-state index in [1.165, 1.54) is 51.0 Å². The van der Waals surface area contributed by atoms with Crippen molar-refractivity contribution >= 4 is 33.4 Å². The molecule has 7 N–H and O–H groups in total. The Morgan fingerprint density at radius 1 is 0.771 bits per heavy atom. The first-order valence-electron chi connectivity index (χ1n) is 25.1. The van der Waals surface area contributed by atoms with Crippen LogP contribution in [0.2, 0.25) is 0 Å². The Labute approximate surface area is 414 Å². The van der Waals surface area contributed by atoms with Crippen LogP contribution in [0, 0.1) is 5.92 Å². The van der Waals surface area contributed by atoms with Crippen LogP contribution in [0.15, 0.2) is 65.7 Å². The summed E-state index contributed by atoms with van der Waals surface area (Å²) in [5, 5.41) is 30.8. The number of ether oxygens (including phenoxy) is 3. The average Bonchev–Trinajstić information content (AvgIpc) is 3.58. The maximum absolute atomic E-state index is 12.8. The minimum atomic E-state index is -5.44. The van der Waals surface area contributed by atoms with Gasteiger partial charge in [0.25, 0.3) is 0 Å². The number of rotatable bonds is 40. The van der Waals surface area contributed by atoms with Crippen LogP contribution in [-0.2, 0) is 46.3 Å². The van der Waals surface area contributed by atoms with Crippen molar-refractivity contribution < 1.29 is 71.4 Å². The number of allylic oxidation sites excluding steroid dienone is 7. The molecule has 19 nitrogen and oxygen atoms in total. The normalized spacial score (nSPS) is 20.2. The Kier molecular flexibility index (Phi) is 32.8. The number of unbranched alkanes of at least 4 members (excludes halogenated alkanes) is 12. The number of nitrogens with two attached hydrogens (primary N) is 1. The second-order valence-corrected chi connectivity index (χ2v) is 21.0. The number of nitrogen functional groups attached to an aromatic ring is 1. The van der Waals surface area contributed by atoms with E-state index < -0.39 is 89.8 Å². The second-order valence-electron chi connectivity index (χ2n) is 18.0. The Hall–Kier alpha value is -3.32. The molecule has 0 aliphatic carbocycles. The number of phosphoric ester groups is 2. The van der Waals surface area contributed by atoms with Crippen molar-refractivity contribution in [1.82, 2.24) is 9.55 Å². The van der Waals surface area contributed by atoms with Gasteiger partial charge in [-0.3, -0.25) is 23.2 Å². The highest BCUT2D eigenvalue weighted by molar-refractivity contribution is 7.61. The van der Waals surface area contributed by atoms with Gasteiger partial charge in [0.15, 0.2) is 12.3 Å². The van der Waals surface area contributed by atoms with Gasteiger partial charge in [-0.25, -0.2) is 13.9 Å². The van der Waals surface area contributed by atoms with Gasteiger partial charge in [0.2, 0.25) is 0 Å². The number of carbonyl (C=O) groups excluding carboxylic acids is 2. The van der Waals surface area contributed by atoms with Gasteiger partial charge in [0, 0.05) is 19.0 Å². The molecule has 1 aliphatic rings. The van der Waals surface area contributed by atoms with E-state index in [9.17, 15) is 48.6 Å². The molecule has 0 aromatic carbocycles. The second kappa shape index (κ2) is 36.6. The molecule has 0 saturated carbocycles. The first-order valence-corrected chi connectivity index (χ1v) is 28.1. The van der Waals surface area contributed by atoms with Gasteiger partial charge in [0.05, 0.1) is 19.3 Å². The van der Waals surface area contributed by atoms with Crippen molar-refractivity contribution in [3.63, 3.8) is 0 Å². The molecule has 8 atom stereocenters. The van der Waals surface area contributed by atoms with Crippen LogP contribution in [0.25, 0.3) is 0 Å². The fraction of sp³-hybridized carbons (Fsp3) is 0.714. The van der Waals surface area contributed by atoms with Crippen molar-refractivity contribution in [2.24, 2.45) is 5.92 Å². The molecule has 1 aromatic rings. The summed E-state index contributed by atoms with van der Waals surface area (Å²) < 4.78 is 56.7. The molecule has 400 valence electrons. The number of hydrogen-bond acceptors (Lipinski definition) is 16. The molecule has 0 amide bonds. The van der Waals surface area contributed by atoms with Gasteiger partial charge in [-0.1, -0.05) is 153 Å². The number of phosphoric acid groups is 2. The zero-order valence-electron chi connectivity index (χ0n) is 41.6. The van der Waals surface area contributed by atoms with E-state index in [1.807, 2.05) is 42.5 Å². The minimum absolute atomic E-state index is 0.0428. The van der Waals surface area contributed by atoms with Crippen LogP contribution in [-0.4, -0.2) is 96.9 Å². The first-order chi connectivity index (χ1) is 33.4. The third-order valence-electron chi connectivity index (χ3n) is 11.2. The lowest BCUT2D eigenvalue weighted by atomic mass is 10.0. The summed E-state index contributed by atoms with van der Waals surface area (Å²) in [5.74, 6) is -0.629. The maximum Gasteiger partial charge on any atom is 0.481 e. The van der Waals surface area contributed by atoms with Crippen LogP contribution in [0.4, 0.5) is 5.82 Å². The van der Waals surface area contributed by atoms with Gasteiger partial charge >= 0.3 is 33.3 Å². The van der Waals surface area contributed by atoms with Crippen LogP contribution in [0.5, 0.6) is 0 Å². The molecule has 1 fully saturated rings. The highest BCUT2D eigenvalue weighted by Crippen LogP contribution is 2.60. The Morgan fingerprint density at radius 2 is 1.34 bits per heavy atom. The Morgan fingerprint density at radius 3 is 1.96 bits per heavy atom. The topological polar surface area (TPSA) is 286 Å². The lowest BCUT2D eigenvalue weighted by molar-refractivity contribution is -0.161. The fourth-order valence-corrected chi connectivity index (χ4v) is 9.32. The third kappa shape index (κ3) is 29.9. The molecule has 2 rings (SSSR count). The standard InChI is InChI=1S/C49H83N3O16P2/c1-4-5-30-40(53)31-26-22-18-14-10-6-7-11-16-20-24-28-33-45(55)66-41(36-63-44(54)32-27-23-19-15-12-8-9-13-17-21-25-29-39(2)3)37-64-69(59,60)68-70(61,62)65-38-42-46(56)47(57)48(67-42)52-35-34-43(50)51-49(52)58/h6-7,14,16,18,20,26,31,34-35,39-42,46-48,53,56-57H,4-5,8-13,15,17,19,21-25,27-30,32-33,36-38H2,1-3H3,(H,59,60)(H,61,62)(H2,50,51,58)/b7-6-,18-14-,20-16-,31-26-/t40-,41-,42-,46-,47-,48-/m1/s1. The van der Waals surface area contributed by atoms with E-state index in [4.69, 9.17) is 29.0 Å². The molecule has 0 bridgehead atoms. The van der Waals surface area contributed by atoms with Crippen molar-refractivity contribution in [2.45, 2.75) is 199 Å². The molecule has 70 heavy (non-hydrogen) atoms. The SMILES string of the molecule is CCCC[C@@H](O)/C=C\C/C=C\C/C=C\C/C=C\CCCC(=O)O[C@H](COC(=O)CCCCCCCCCCCCCC(C)C)COP(=O)(O)OP(=O)(O)OC[C@H]1O[C@@H](n2ccc(N)nc2=O)[C@H](O)[C@@H]1O. The number of aromatic nitrogens is 2. The molecular weight excluding hydrogens is 948 g/mol. The lowest BCUT2D eigenvalue weighted by Gasteiger charge is -2.21. The van der Waals surface area contributed by atoms with E-state index in [0.717, 1.165) is 74.5 Å². The van der Waals surface area contributed by atoms with Crippen molar-refractivity contribution in [3.05, 3.63) is 71.4 Å². The molecule has 21 heteroatoms. The summed E-state index contributed by atoms with van der Waals surface area (Å²) in [6, 6.07) is 1.24. The van der Waals surface area contributed by atoms with E-state index in [0.29, 0.717) is 25.7 Å². The summed E-state index contributed by atoms with van der Waals surface area (Å²) in [5.41, 5.74) is 4.58. The van der Waals surface area contributed by atoms with Gasteiger partial charge in [-0.05, 0) is 56.9 Å². The molecule has 1 aliphatic heterocycles. The van der Waals surface area contributed by atoms with E-state index >= 15 is 0 Å². The number of aliphatic hydroxyl groups is 3. The predicted octanol–water partition coefficient (Wildman–Crippen LogP) is 8.99.